The van der Waals surface area contributed by atoms with E-state index in [0.717, 1.165) is 12.1 Å². The number of carbonyl (C=O) groups is 2. The Morgan fingerprint density at radius 1 is 1.23 bits per heavy atom. The van der Waals surface area contributed by atoms with E-state index in [1.165, 1.54) is 31.5 Å². The summed E-state index contributed by atoms with van der Waals surface area (Å²) in [6.45, 7) is 1.79. The zero-order valence-electron chi connectivity index (χ0n) is 17.2. The third kappa shape index (κ3) is 5.80. The molecule has 162 valence electrons. The first-order valence-corrected chi connectivity index (χ1v) is 10.6. The largest absolute Gasteiger partial charge is 0.493 e. The summed E-state index contributed by atoms with van der Waals surface area (Å²) in [6.07, 6.45) is 2.63. The SMILES string of the molecule is CCc1ccc(N=C2NC(=O)/C(=C/c3cc(Cl)c(OCC(=O)OC)c(OC)c3)S2)cc1. The fraction of sp³-hybridized carbons (Fsp3) is 0.227. The van der Waals surface area contributed by atoms with E-state index in [9.17, 15) is 9.59 Å². The van der Waals surface area contributed by atoms with Crippen LogP contribution in [0.5, 0.6) is 11.5 Å². The van der Waals surface area contributed by atoms with Gasteiger partial charge >= 0.3 is 5.97 Å². The van der Waals surface area contributed by atoms with Crippen LogP contribution in [0, 0.1) is 0 Å². The number of amidine groups is 1. The second-order valence-corrected chi connectivity index (χ2v) is 7.84. The average molecular weight is 461 g/mol. The van der Waals surface area contributed by atoms with Gasteiger partial charge in [-0.2, -0.15) is 0 Å². The maximum Gasteiger partial charge on any atom is 0.343 e. The number of aryl methyl sites for hydroxylation is 1. The molecular formula is C22H21ClN2O5S. The van der Waals surface area contributed by atoms with E-state index in [-0.39, 0.29) is 23.3 Å². The number of nitrogens with zero attached hydrogens (tertiary/aromatic N) is 1. The summed E-state index contributed by atoms with van der Waals surface area (Å²) in [5, 5.41) is 3.50. The van der Waals surface area contributed by atoms with Gasteiger partial charge in [0.25, 0.3) is 5.91 Å². The Morgan fingerprint density at radius 3 is 2.61 bits per heavy atom. The van der Waals surface area contributed by atoms with Crippen LogP contribution in [0.3, 0.4) is 0 Å². The van der Waals surface area contributed by atoms with Gasteiger partial charge in [0.15, 0.2) is 23.3 Å². The van der Waals surface area contributed by atoms with Crippen LogP contribution in [0.4, 0.5) is 5.69 Å². The van der Waals surface area contributed by atoms with Gasteiger partial charge in [0.2, 0.25) is 0 Å². The van der Waals surface area contributed by atoms with Gasteiger partial charge in [-0.15, -0.1) is 0 Å². The molecule has 0 aromatic heterocycles. The van der Waals surface area contributed by atoms with Crippen molar-refractivity contribution in [3.8, 4) is 11.5 Å². The predicted octanol–water partition coefficient (Wildman–Crippen LogP) is 4.35. The number of benzene rings is 2. The number of amides is 1. The number of halogens is 1. The van der Waals surface area contributed by atoms with E-state index in [1.54, 1.807) is 18.2 Å². The first-order chi connectivity index (χ1) is 14.9. The fourth-order valence-electron chi connectivity index (χ4n) is 2.71. The van der Waals surface area contributed by atoms with Crippen LogP contribution in [0.2, 0.25) is 5.02 Å². The number of carbonyl (C=O) groups excluding carboxylic acids is 2. The molecule has 7 nitrogen and oxygen atoms in total. The maximum atomic E-state index is 12.4. The lowest BCUT2D eigenvalue weighted by Gasteiger charge is -2.12. The first kappa shape index (κ1) is 22.7. The van der Waals surface area contributed by atoms with Gasteiger partial charge in [-0.05, 0) is 59.7 Å². The van der Waals surface area contributed by atoms with Crippen LogP contribution in [-0.2, 0) is 20.7 Å². The van der Waals surface area contributed by atoms with E-state index >= 15 is 0 Å². The van der Waals surface area contributed by atoms with Crippen molar-refractivity contribution in [2.24, 2.45) is 4.99 Å². The topological polar surface area (TPSA) is 86.2 Å². The standard InChI is InChI=1S/C22H21ClN2O5S/c1-4-13-5-7-15(8-6-13)24-22-25-21(27)18(31-22)11-14-9-16(23)20(17(10-14)28-2)30-12-19(26)29-3/h5-11H,4,12H2,1-3H3,(H,24,25,27)/b18-11-. The summed E-state index contributed by atoms with van der Waals surface area (Å²) >= 11 is 7.54. The minimum atomic E-state index is -0.542. The first-order valence-electron chi connectivity index (χ1n) is 9.39. The molecule has 1 N–H and O–H groups in total. The molecule has 1 fully saturated rings. The van der Waals surface area contributed by atoms with E-state index < -0.39 is 5.97 Å². The van der Waals surface area contributed by atoms with Gasteiger partial charge in [-0.1, -0.05) is 30.7 Å². The number of nitrogens with one attached hydrogen (secondary N) is 1. The number of thioether (sulfide) groups is 1. The number of esters is 1. The molecule has 2 aromatic rings. The van der Waals surface area contributed by atoms with Gasteiger partial charge < -0.3 is 19.5 Å². The summed E-state index contributed by atoms with van der Waals surface area (Å²) in [5.74, 6) is -0.246. The molecule has 1 amide bonds. The molecule has 0 saturated carbocycles. The van der Waals surface area contributed by atoms with Crippen molar-refractivity contribution in [1.29, 1.82) is 0 Å². The third-order valence-electron chi connectivity index (χ3n) is 4.34. The Hall–Kier alpha value is -2.97. The number of methoxy groups -OCH3 is 2. The number of hydrogen-bond acceptors (Lipinski definition) is 7. The lowest BCUT2D eigenvalue weighted by Crippen LogP contribution is -2.19. The zero-order chi connectivity index (χ0) is 22.4. The molecular weight excluding hydrogens is 440 g/mol. The monoisotopic (exact) mass is 460 g/mol. The lowest BCUT2D eigenvalue weighted by atomic mass is 10.2. The van der Waals surface area contributed by atoms with Crippen molar-refractivity contribution in [2.45, 2.75) is 13.3 Å². The minimum absolute atomic E-state index is 0.220. The number of rotatable bonds is 7. The molecule has 0 atom stereocenters. The van der Waals surface area contributed by atoms with Crippen molar-refractivity contribution in [3.05, 3.63) is 57.5 Å². The Bertz CT molecular complexity index is 1050. The molecule has 1 aliphatic heterocycles. The highest BCUT2D eigenvalue weighted by Gasteiger charge is 2.24. The van der Waals surface area contributed by atoms with E-state index in [4.69, 9.17) is 21.1 Å². The molecule has 1 aliphatic rings. The Labute approximate surface area is 189 Å². The highest BCUT2D eigenvalue weighted by Crippen LogP contribution is 2.38. The molecule has 31 heavy (non-hydrogen) atoms. The summed E-state index contributed by atoms with van der Waals surface area (Å²) in [5.41, 5.74) is 2.62. The van der Waals surface area contributed by atoms with Gasteiger partial charge in [0.05, 0.1) is 29.8 Å². The molecule has 0 spiro atoms. The van der Waals surface area contributed by atoms with Crippen LogP contribution < -0.4 is 14.8 Å². The van der Waals surface area contributed by atoms with Gasteiger partial charge in [-0.3, -0.25) is 4.79 Å². The number of hydrogen-bond donors (Lipinski definition) is 1. The summed E-state index contributed by atoms with van der Waals surface area (Å²) in [4.78, 5) is 28.6. The summed E-state index contributed by atoms with van der Waals surface area (Å²) in [6, 6.07) is 11.1. The minimum Gasteiger partial charge on any atom is -0.493 e. The van der Waals surface area contributed by atoms with Gasteiger partial charge in [0, 0.05) is 0 Å². The Kier molecular flexibility index (Phi) is 7.59. The van der Waals surface area contributed by atoms with Crippen molar-refractivity contribution >= 4 is 52.2 Å². The number of ether oxygens (including phenoxy) is 3. The molecule has 0 aliphatic carbocycles. The Morgan fingerprint density at radius 2 is 1.97 bits per heavy atom. The van der Waals surface area contributed by atoms with E-state index in [2.05, 4.69) is 22.0 Å². The zero-order valence-corrected chi connectivity index (χ0v) is 18.8. The Balaban J connectivity index is 1.80. The van der Waals surface area contributed by atoms with Crippen LogP contribution in [0.1, 0.15) is 18.1 Å². The quantitative estimate of drug-likeness (QED) is 0.488. The van der Waals surface area contributed by atoms with Crippen LogP contribution in [-0.4, -0.2) is 37.9 Å². The molecule has 2 aromatic carbocycles. The van der Waals surface area contributed by atoms with Crippen LogP contribution in [0.15, 0.2) is 46.3 Å². The highest BCUT2D eigenvalue weighted by molar-refractivity contribution is 8.18. The van der Waals surface area contributed by atoms with Gasteiger partial charge in [0.1, 0.15) is 0 Å². The second-order valence-electron chi connectivity index (χ2n) is 6.40. The molecule has 0 unspecified atom stereocenters. The molecule has 1 saturated heterocycles. The molecule has 0 radical (unpaired) electrons. The molecule has 9 heteroatoms. The van der Waals surface area contributed by atoms with E-state index in [0.29, 0.717) is 21.4 Å². The van der Waals surface area contributed by atoms with Crippen LogP contribution >= 0.6 is 23.4 Å². The summed E-state index contributed by atoms with van der Waals surface area (Å²) in [7, 11) is 2.72. The number of aliphatic imine (C=N–C) groups is 1. The second kappa shape index (κ2) is 10.4. The molecule has 3 rings (SSSR count). The summed E-state index contributed by atoms with van der Waals surface area (Å²) < 4.78 is 15.3. The normalized spacial score (nSPS) is 15.8. The lowest BCUT2D eigenvalue weighted by molar-refractivity contribution is -0.142. The van der Waals surface area contributed by atoms with Crippen molar-refractivity contribution in [1.82, 2.24) is 5.32 Å². The fourth-order valence-corrected chi connectivity index (χ4v) is 3.82. The molecule has 0 bridgehead atoms. The van der Waals surface area contributed by atoms with Crippen molar-refractivity contribution in [3.63, 3.8) is 0 Å². The highest BCUT2D eigenvalue weighted by atomic mass is 35.5. The van der Waals surface area contributed by atoms with Crippen LogP contribution in [0.25, 0.3) is 6.08 Å². The van der Waals surface area contributed by atoms with Crippen molar-refractivity contribution < 1.29 is 23.8 Å². The average Bonchev–Trinajstić information content (AvgIpc) is 3.11. The van der Waals surface area contributed by atoms with Gasteiger partial charge in [-0.25, -0.2) is 9.79 Å². The smallest absolute Gasteiger partial charge is 0.343 e. The maximum absolute atomic E-state index is 12.4. The predicted molar refractivity (Wildman–Crippen MR) is 122 cm³/mol. The van der Waals surface area contributed by atoms with E-state index in [1.807, 2.05) is 24.3 Å². The third-order valence-corrected chi connectivity index (χ3v) is 5.53. The molecule has 1 heterocycles. The van der Waals surface area contributed by atoms with Crippen molar-refractivity contribution in [2.75, 3.05) is 20.8 Å².